The van der Waals surface area contributed by atoms with Crippen LogP contribution in [0, 0.1) is 5.92 Å². The summed E-state index contributed by atoms with van der Waals surface area (Å²) in [5.41, 5.74) is 3.90. The lowest BCUT2D eigenvalue weighted by molar-refractivity contribution is -0.143. The number of aliphatic hydroxyl groups excluding tert-OH is 1. The van der Waals surface area contributed by atoms with E-state index in [1.807, 2.05) is 32.0 Å². The summed E-state index contributed by atoms with van der Waals surface area (Å²) in [5.74, 6) is -0.231. The first-order valence-corrected chi connectivity index (χ1v) is 14.1. The van der Waals surface area contributed by atoms with Crippen molar-refractivity contribution >= 4 is 17.7 Å². The van der Waals surface area contributed by atoms with Crippen LogP contribution in [0.2, 0.25) is 0 Å². The van der Waals surface area contributed by atoms with Crippen molar-refractivity contribution in [2.24, 2.45) is 5.92 Å². The van der Waals surface area contributed by atoms with Crippen LogP contribution in [0.1, 0.15) is 85.3 Å². The van der Waals surface area contributed by atoms with Gasteiger partial charge in [0.05, 0.1) is 6.10 Å². The molecule has 202 valence electrons. The van der Waals surface area contributed by atoms with Crippen LogP contribution in [0.25, 0.3) is 0 Å². The van der Waals surface area contributed by atoms with Gasteiger partial charge in [0.25, 0.3) is 5.91 Å². The van der Waals surface area contributed by atoms with Gasteiger partial charge in [-0.2, -0.15) is 0 Å². The summed E-state index contributed by atoms with van der Waals surface area (Å²) in [6, 6.07) is 14.4. The molecule has 2 N–H and O–H groups in total. The van der Waals surface area contributed by atoms with Gasteiger partial charge < -0.3 is 20.2 Å². The van der Waals surface area contributed by atoms with Gasteiger partial charge in [0.1, 0.15) is 12.1 Å². The van der Waals surface area contributed by atoms with Crippen molar-refractivity contribution in [3.05, 3.63) is 70.8 Å². The van der Waals surface area contributed by atoms with E-state index in [1.165, 1.54) is 42.6 Å². The first-order chi connectivity index (χ1) is 18.3. The Balaban J connectivity index is 1.24. The average Bonchev–Trinajstić information content (AvgIpc) is 3.48. The summed E-state index contributed by atoms with van der Waals surface area (Å²) >= 11 is 0. The number of carbonyl (C=O) groups excluding carboxylic acids is 3. The number of rotatable bonds is 7. The molecule has 7 nitrogen and oxygen atoms in total. The van der Waals surface area contributed by atoms with Crippen molar-refractivity contribution in [1.82, 2.24) is 15.1 Å². The van der Waals surface area contributed by atoms with Crippen LogP contribution < -0.4 is 5.32 Å². The fraction of sp³-hybridized carbons (Fsp3) is 0.516. The fourth-order valence-corrected chi connectivity index (χ4v) is 6.41. The molecule has 2 unspecified atom stereocenters. The molecule has 1 saturated heterocycles. The van der Waals surface area contributed by atoms with E-state index in [4.69, 9.17) is 0 Å². The van der Waals surface area contributed by atoms with E-state index in [0.717, 1.165) is 11.1 Å². The second kappa shape index (κ2) is 11.3. The second-order valence-electron chi connectivity index (χ2n) is 11.5. The molecular weight excluding hydrogens is 478 g/mol. The van der Waals surface area contributed by atoms with E-state index < -0.39 is 18.2 Å². The Morgan fingerprint density at radius 3 is 2.42 bits per heavy atom. The molecule has 0 radical (unpaired) electrons. The summed E-state index contributed by atoms with van der Waals surface area (Å²) in [4.78, 5) is 43.3. The van der Waals surface area contributed by atoms with E-state index in [0.29, 0.717) is 24.6 Å². The molecule has 3 aliphatic rings. The van der Waals surface area contributed by atoms with Gasteiger partial charge >= 0.3 is 0 Å². The summed E-state index contributed by atoms with van der Waals surface area (Å²) in [5, 5.41) is 13.4. The van der Waals surface area contributed by atoms with Crippen molar-refractivity contribution in [3.8, 4) is 0 Å². The number of amides is 3. The van der Waals surface area contributed by atoms with E-state index in [1.54, 1.807) is 11.0 Å². The third-order valence-corrected chi connectivity index (χ3v) is 8.46. The zero-order chi connectivity index (χ0) is 26.8. The van der Waals surface area contributed by atoms with Gasteiger partial charge in [-0.05, 0) is 47.4 Å². The van der Waals surface area contributed by atoms with Crippen LogP contribution in [0.4, 0.5) is 0 Å². The maximum absolute atomic E-state index is 13.8. The maximum atomic E-state index is 13.8. The topological polar surface area (TPSA) is 89.9 Å². The number of fused-ring (bicyclic) bond motifs is 1. The second-order valence-corrected chi connectivity index (χ2v) is 11.5. The van der Waals surface area contributed by atoms with Gasteiger partial charge in [0, 0.05) is 31.6 Å². The quantitative estimate of drug-likeness (QED) is 0.581. The highest BCUT2D eigenvalue weighted by molar-refractivity contribution is 6.01. The molecular formula is C31H39N3O4. The molecule has 2 aromatic carbocycles. The lowest BCUT2D eigenvalue weighted by Gasteiger charge is -2.35. The number of hydrogen-bond donors (Lipinski definition) is 2. The molecule has 0 bridgehead atoms. The van der Waals surface area contributed by atoms with Gasteiger partial charge in [-0.3, -0.25) is 14.4 Å². The number of aliphatic hydroxyl groups is 1. The highest BCUT2D eigenvalue weighted by atomic mass is 16.3. The van der Waals surface area contributed by atoms with Crippen molar-refractivity contribution in [2.45, 2.75) is 89.6 Å². The largest absolute Gasteiger partial charge is 0.391 e. The molecule has 2 aliphatic heterocycles. The van der Waals surface area contributed by atoms with Gasteiger partial charge in [-0.15, -0.1) is 0 Å². The zero-order valence-electron chi connectivity index (χ0n) is 22.4. The maximum Gasteiger partial charge on any atom is 0.255 e. The molecule has 38 heavy (non-hydrogen) atoms. The number of likely N-dealkylation sites (tertiary alicyclic amines) is 1. The Morgan fingerprint density at radius 1 is 1.03 bits per heavy atom. The Labute approximate surface area is 225 Å². The highest BCUT2D eigenvalue weighted by Crippen LogP contribution is 2.33. The molecule has 1 aliphatic carbocycles. The molecule has 5 rings (SSSR count). The van der Waals surface area contributed by atoms with Gasteiger partial charge in [0.15, 0.2) is 0 Å². The van der Waals surface area contributed by atoms with Crippen LogP contribution in [-0.2, 0) is 22.7 Å². The van der Waals surface area contributed by atoms with E-state index in [2.05, 4.69) is 29.6 Å². The van der Waals surface area contributed by atoms with Crippen LogP contribution in [0.15, 0.2) is 48.5 Å². The standard InChI is InChI=1S/C31H39N3O4/c1-20(2)28(34-18-24-10-6-7-11-26(24)30(34)37)31(38)33-19-25(35)16-27(33)29(36)32-17-21-12-14-23(15-13-21)22-8-4-3-5-9-22/h6-7,10-15,20,22,25,27-28,35H,3-5,8-9,16-19H2,1-2H3,(H,32,36)/t25?,27?,28-/m0/s1. The molecule has 2 heterocycles. The minimum Gasteiger partial charge on any atom is -0.391 e. The van der Waals surface area contributed by atoms with Crippen molar-refractivity contribution in [1.29, 1.82) is 0 Å². The minimum absolute atomic E-state index is 0.0885. The van der Waals surface area contributed by atoms with E-state index >= 15 is 0 Å². The predicted molar refractivity (Wildman–Crippen MR) is 145 cm³/mol. The molecule has 2 aromatic rings. The zero-order valence-corrected chi connectivity index (χ0v) is 22.4. The molecule has 3 atom stereocenters. The Kier molecular flexibility index (Phi) is 7.84. The Bertz CT molecular complexity index is 1170. The van der Waals surface area contributed by atoms with Gasteiger partial charge in [-0.1, -0.05) is 75.6 Å². The molecule has 2 fully saturated rings. The SMILES string of the molecule is CC(C)[C@@H](C(=O)N1CC(O)CC1C(=O)NCc1ccc(C2CCCCC2)cc1)N1Cc2ccccc2C1=O. The summed E-state index contributed by atoms with van der Waals surface area (Å²) < 4.78 is 0. The lowest BCUT2D eigenvalue weighted by Crippen LogP contribution is -2.55. The van der Waals surface area contributed by atoms with Crippen LogP contribution >= 0.6 is 0 Å². The van der Waals surface area contributed by atoms with Crippen LogP contribution in [0.3, 0.4) is 0 Å². The first-order valence-electron chi connectivity index (χ1n) is 14.1. The lowest BCUT2D eigenvalue weighted by atomic mass is 9.84. The van der Waals surface area contributed by atoms with E-state index in [-0.39, 0.29) is 36.6 Å². The molecule has 0 aromatic heterocycles. The Hall–Kier alpha value is -3.19. The van der Waals surface area contributed by atoms with Gasteiger partial charge in [0.2, 0.25) is 11.8 Å². The normalized spacial score (nSPS) is 22.6. The predicted octanol–water partition coefficient (Wildman–Crippen LogP) is 3.99. The molecule has 7 heteroatoms. The Morgan fingerprint density at radius 2 is 1.74 bits per heavy atom. The van der Waals surface area contributed by atoms with Crippen LogP contribution in [-0.4, -0.2) is 57.4 Å². The number of hydrogen-bond acceptors (Lipinski definition) is 4. The van der Waals surface area contributed by atoms with Crippen molar-refractivity contribution < 1.29 is 19.5 Å². The highest BCUT2D eigenvalue weighted by Gasteiger charge is 2.45. The third kappa shape index (κ3) is 5.35. The minimum atomic E-state index is -0.774. The number of nitrogens with zero attached hydrogens (tertiary/aromatic N) is 2. The van der Waals surface area contributed by atoms with E-state index in [9.17, 15) is 19.5 Å². The monoisotopic (exact) mass is 517 g/mol. The smallest absolute Gasteiger partial charge is 0.255 e. The number of benzene rings is 2. The van der Waals surface area contributed by atoms with Crippen molar-refractivity contribution in [2.75, 3.05) is 6.54 Å². The molecule has 0 spiro atoms. The fourth-order valence-electron chi connectivity index (χ4n) is 6.41. The number of nitrogens with one attached hydrogen (secondary N) is 1. The van der Waals surface area contributed by atoms with Crippen molar-refractivity contribution in [3.63, 3.8) is 0 Å². The summed E-state index contributed by atoms with van der Waals surface area (Å²) in [6.07, 6.45) is 5.83. The summed E-state index contributed by atoms with van der Waals surface area (Å²) in [7, 11) is 0. The molecule has 1 saturated carbocycles. The van der Waals surface area contributed by atoms with Crippen LogP contribution in [0.5, 0.6) is 0 Å². The first kappa shape index (κ1) is 26.4. The number of carbonyl (C=O) groups is 3. The number of β-amino-alcohol motifs (C(OH)–C–C–N with tert-alkyl or cyclic N) is 1. The third-order valence-electron chi connectivity index (χ3n) is 8.46. The average molecular weight is 518 g/mol. The van der Waals surface area contributed by atoms with Gasteiger partial charge in [-0.25, -0.2) is 0 Å². The summed E-state index contributed by atoms with van der Waals surface area (Å²) in [6.45, 7) is 4.65. The molecule has 3 amide bonds.